The lowest BCUT2D eigenvalue weighted by Gasteiger charge is -2.07. The summed E-state index contributed by atoms with van der Waals surface area (Å²) < 4.78 is 9.78. The van der Waals surface area contributed by atoms with Crippen molar-refractivity contribution in [2.45, 2.75) is 12.1 Å². The Labute approximate surface area is 119 Å². The molecule has 2 heterocycles. The van der Waals surface area contributed by atoms with Crippen molar-refractivity contribution in [2.24, 2.45) is 0 Å². The van der Waals surface area contributed by atoms with Crippen molar-refractivity contribution in [3.05, 3.63) is 41.6 Å². The Kier molecular flexibility index (Phi) is 4.52. The Balaban J connectivity index is 2.47. The van der Waals surface area contributed by atoms with Crippen molar-refractivity contribution < 1.29 is 18.7 Å². The van der Waals surface area contributed by atoms with E-state index in [1.807, 2.05) is 0 Å². The summed E-state index contributed by atoms with van der Waals surface area (Å²) in [6.07, 6.45) is 5.78. The van der Waals surface area contributed by atoms with Crippen molar-refractivity contribution >= 4 is 23.5 Å². The summed E-state index contributed by atoms with van der Waals surface area (Å²) >= 11 is 1.28. The number of carbonyl (C=O) groups excluding carboxylic acids is 2. The number of thioether (sulfide) groups is 1. The molecule has 0 saturated heterocycles. The van der Waals surface area contributed by atoms with Gasteiger partial charge in [0.15, 0.2) is 5.16 Å². The van der Waals surface area contributed by atoms with Crippen LogP contribution in [0.5, 0.6) is 0 Å². The monoisotopic (exact) mass is 292 g/mol. The molecule has 0 aliphatic rings. The van der Waals surface area contributed by atoms with Gasteiger partial charge < -0.3 is 9.15 Å². The summed E-state index contributed by atoms with van der Waals surface area (Å²) in [7, 11) is 0. The summed E-state index contributed by atoms with van der Waals surface area (Å²) in [5, 5.41) is 0.407. The van der Waals surface area contributed by atoms with Gasteiger partial charge in [-0.2, -0.15) is 0 Å². The molecule has 0 radical (unpaired) electrons. The van der Waals surface area contributed by atoms with E-state index in [1.54, 1.807) is 13.2 Å². The second kappa shape index (κ2) is 6.33. The Morgan fingerprint density at radius 2 is 2.25 bits per heavy atom. The van der Waals surface area contributed by atoms with Crippen LogP contribution in [0.25, 0.3) is 0 Å². The van der Waals surface area contributed by atoms with Gasteiger partial charge in [0, 0.05) is 6.20 Å². The van der Waals surface area contributed by atoms with Gasteiger partial charge in [0.2, 0.25) is 5.78 Å². The standard InChI is InChI=1S/C13H12N2O4S/c1-3-19-12(17)9-6-14-13(20-2)15-10(9)11(16)8-4-5-18-7-8/h4-7H,3H2,1-2H3. The van der Waals surface area contributed by atoms with Crippen LogP contribution in [0.3, 0.4) is 0 Å². The molecule has 2 rings (SSSR count). The second-order valence-corrected chi connectivity index (χ2v) is 4.45. The highest BCUT2D eigenvalue weighted by atomic mass is 32.2. The number of furan rings is 1. The molecule has 0 aromatic carbocycles. The van der Waals surface area contributed by atoms with E-state index >= 15 is 0 Å². The molecule has 6 nitrogen and oxygen atoms in total. The van der Waals surface area contributed by atoms with Crippen LogP contribution in [0.2, 0.25) is 0 Å². The minimum absolute atomic E-state index is 0.0178. The minimum Gasteiger partial charge on any atom is -0.472 e. The van der Waals surface area contributed by atoms with Crippen molar-refractivity contribution in [3.8, 4) is 0 Å². The van der Waals surface area contributed by atoms with Crippen molar-refractivity contribution in [2.75, 3.05) is 12.9 Å². The molecule has 20 heavy (non-hydrogen) atoms. The zero-order valence-corrected chi connectivity index (χ0v) is 11.8. The van der Waals surface area contributed by atoms with E-state index in [4.69, 9.17) is 9.15 Å². The van der Waals surface area contributed by atoms with Crippen LogP contribution in [0.4, 0.5) is 0 Å². The molecule has 0 saturated carbocycles. The minimum atomic E-state index is -0.619. The third-order valence-electron chi connectivity index (χ3n) is 2.44. The van der Waals surface area contributed by atoms with Crippen LogP contribution in [0, 0.1) is 0 Å². The van der Waals surface area contributed by atoms with E-state index in [-0.39, 0.29) is 17.9 Å². The lowest BCUT2D eigenvalue weighted by Crippen LogP contribution is -2.15. The topological polar surface area (TPSA) is 82.3 Å². The molecule has 0 aliphatic carbocycles. The maximum atomic E-state index is 12.3. The Morgan fingerprint density at radius 1 is 1.45 bits per heavy atom. The maximum Gasteiger partial charge on any atom is 0.342 e. The number of hydrogen-bond acceptors (Lipinski definition) is 7. The molecule has 0 amide bonds. The number of nitrogens with zero attached hydrogens (tertiary/aromatic N) is 2. The zero-order chi connectivity index (χ0) is 14.5. The van der Waals surface area contributed by atoms with Crippen LogP contribution >= 0.6 is 11.8 Å². The molecule has 0 aliphatic heterocycles. The number of aromatic nitrogens is 2. The van der Waals surface area contributed by atoms with Gasteiger partial charge in [0.05, 0.1) is 18.4 Å². The Morgan fingerprint density at radius 3 is 2.85 bits per heavy atom. The zero-order valence-electron chi connectivity index (χ0n) is 11.0. The summed E-state index contributed by atoms with van der Waals surface area (Å²) in [6.45, 7) is 1.90. The molecule has 0 bridgehead atoms. The molecule has 0 unspecified atom stereocenters. The predicted octanol–water partition coefficient (Wildman–Crippen LogP) is 2.20. The average Bonchev–Trinajstić information content (AvgIpc) is 3.00. The van der Waals surface area contributed by atoms with Gasteiger partial charge in [-0.3, -0.25) is 4.79 Å². The lowest BCUT2D eigenvalue weighted by molar-refractivity contribution is 0.0522. The quantitative estimate of drug-likeness (QED) is 0.361. The normalized spacial score (nSPS) is 10.3. The Hall–Kier alpha value is -2.15. The molecule has 0 fully saturated rings. The molecule has 0 atom stereocenters. The van der Waals surface area contributed by atoms with Gasteiger partial charge in [-0.1, -0.05) is 11.8 Å². The fourth-order valence-electron chi connectivity index (χ4n) is 1.53. The lowest BCUT2D eigenvalue weighted by atomic mass is 10.1. The SMILES string of the molecule is CCOC(=O)c1cnc(SC)nc1C(=O)c1ccoc1. The molecule has 104 valence electrons. The fourth-order valence-corrected chi connectivity index (χ4v) is 1.87. The van der Waals surface area contributed by atoms with Gasteiger partial charge in [-0.15, -0.1) is 0 Å². The molecule has 7 heteroatoms. The summed E-state index contributed by atoms with van der Waals surface area (Å²) in [4.78, 5) is 32.3. The molecule has 2 aromatic rings. The van der Waals surface area contributed by atoms with Crippen molar-refractivity contribution in [1.82, 2.24) is 9.97 Å². The number of hydrogen-bond donors (Lipinski definition) is 0. The van der Waals surface area contributed by atoms with E-state index in [0.717, 1.165) is 0 Å². The smallest absolute Gasteiger partial charge is 0.342 e. The van der Waals surface area contributed by atoms with Gasteiger partial charge in [0.25, 0.3) is 0 Å². The van der Waals surface area contributed by atoms with Gasteiger partial charge in [0.1, 0.15) is 17.5 Å². The largest absolute Gasteiger partial charge is 0.472 e. The summed E-state index contributed by atoms with van der Waals surface area (Å²) in [6, 6.07) is 1.51. The van der Waals surface area contributed by atoms with E-state index < -0.39 is 11.8 Å². The number of rotatable bonds is 5. The number of ether oxygens (including phenoxy) is 1. The van der Waals surface area contributed by atoms with Crippen LogP contribution < -0.4 is 0 Å². The number of ketones is 1. The third-order valence-corrected chi connectivity index (χ3v) is 3.00. The first kappa shape index (κ1) is 14.3. The van der Waals surface area contributed by atoms with Gasteiger partial charge >= 0.3 is 5.97 Å². The fraction of sp³-hybridized carbons (Fsp3) is 0.231. The van der Waals surface area contributed by atoms with Crippen LogP contribution in [0.15, 0.2) is 34.4 Å². The van der Waals surface area contributed by atoms with E-state index in [1.165, 1.54) is 36.6 Å². The third kappa shape index (κ3) is 2.88. The summed E-state index contributed by atoms with van der Waals surface area (Å²) in [5.41, 5.74) is 0.390. The van der Waals surface area contributed by atoms with E-state index in [9.17, 15) is 9.59 Å². The molecule has 0 spiro atoms. The highest BCUT2D eigenvalue weighted by molar-refractivity contribution is 7.98. The molecular weight excluding hydrogens is 280 g/mol. The van der Waals surface area contributed by atoms with Crippen molar-refractivity contribution in [3.63, 3.8) is 0 Å². The van der Waals surface area contributed by atoms with Crippen LogP contribution in [-0.4, -0.2) is 34.6 Å². The first-order chi connectivity index (χ1) is 9.67. The highest BCUT2D eigenvalue weighted by Gasteiger charge is 2.23. The average molecular weight is 292 g/mol. The first-order valence-corrected chi connectivity index (χ1v) is 7.05. The maximum absolute atomic E-state index is 12.3. The van der Waals surface area contributed by atoms with Crippen LogP contribution in [0.1, 0.15) is 33.3 Å². The van der Waals surface area contributed by atoms with Crippen molar-refractivity contribution in [1.29, 1.82) is 0 Å². The predicted molar refractivity (Wildman–Crippen MR) is 71.9 cm³/mol. The second-order valence-electron chi connectivity index (χ2n) is 3.68. The van der Waals surface area contributed by atoms with Gasteiger partial charge in [-0.25, -0.2) is 14.8 Å². The molecule has 0 N–H and O–H groups in total. The number of esters is 1. The van der Waals surface area contributed by atoms with E-state index in [0.29, 0.717) is 10.7 Å². The molecule has 2 aromatic heterocycles. The Bertz CT molecular complexity index is 625. The highest BCUT2D eigenvalue weighted by Crippen LogP contribution is 2.17. The summed E-state index contributed by atoms with van der Waals surface area (Å²) in [5.74, 6) is -1.02. The van der Waals surface area contributed by atoms with Gasteiger partial charge in [-0.05, 0) is 19.2 Å². The first-order valence-electron chi connectivity index (χ1n) is 5.82. The number of carbonyl (C=O) groups is 2. The van der Waals surface area contributed by atoms with Crippen LogP contribution in [-0.2, 0) is 4.74 Å². The molecular formula is C13H12N2O4S. The van der Waals surface area contributed by atoms with E-state index in [2.05, 4.69) is 9.97 Å².